The van der Waals surface area contributed by atoms with Crippen molar-refractivity contribution in [3.63, 3.8) is 0 Å². The van der Waals surface area contributed by atoms with Gasteiger partial charge in [0.1, 0.15) is 5.54 Å². The molecule has 0 radical (unpaired) electrons. The average Bonchev–Trinajstić information content (AvgIpc) is 2.68. The molecule has 0 saturated carbocycles. The highest BCUT2D eigenvalue weighted by molar-refractivity contribution is 5.94. The Bertz CT molecular complexity index is 681. The van der Waals surface area contributed by atoms with Gasteiger partial charge in [-0.15, -0.1) is 0 Å². The van der Waals surface area contributed by atoms with E-state index in [1.54, 1.807) is 39.6 Å². The molecule has 0 aromatic heterocycles. The number of nitrogens with one attached hydrogen (secondary N) is 1. The van der Waals surface area contributed by atoms with Gasteiger partial charge in [-0.3, -0.25) is 28.9 Å². The number of likely N-dealkylation sites (tertiary alicyclic amines) is 1. The van der Waals surface area contributed by atoms with Crippen molar-refractivity contribution < 1.29 is 29.1 Å². The van der Waals surface area contributed by atoms with Crippen LogP contribution in [-0.2, 0) is 24.0 Å². The number of carbonyl (C=O) groups excluding carboxylic acids is 4. The molecule has 1 aliphatic rings. The Morgan fingerprint density at radius 1 is 1.00 bits per heavy atom. The fraction of sp³-hybridized carbons (Fsp3) is 0.773. The summed E-state index contributed by atoms with van der Waals surface area (Å²) in [6.07, 6.45) is 1.29. The van der Waals surface area contributed by atoms with Gasteiger partial charge in [0.15, 0.2) is 11.6 Å². The number of ketones is 2. The van der Waals surface area contributed by atoms with Gasteiger partial charge < -0.3 is 15.3 Å². The first-order chi connectivity index (χ1) is 14.4. The van der Waals surface area contributed by atoms with Crippen LogP contribution >= 0.6 is 0 Å². The summed E-state index contributed by atoms with van der Waals surface area (Å²) in [7, 11) is 1.57. The second-order valence-electron chi connectivity index (χ2n) is 9.04. The highest BCUT2D eigenvalue weighted by atomic mass is 16.4. The fourth-order valence-electron chi connectivity index (χ4n) is 3.69. The number of Topliss-reactive ketones (excluding diaryl/α,β-unsaturated/α-hetero) is 2. The van der Waals surface area contributed by atoms with Crippen LogP contribution < -0.4 is 5.32 Å². The van der Waals surface area contributed by atoms with Gasteiger partial charge in [-0.25, -0.2) is 0 Å². The van der Waals surface area contributed by atoms with Gasteiger partial charge in [0.05, 0.1) is 13.1 Å². The Hall–Kier alpha value is -2.29. The number of amides is 2. The summed E-state index contributed by atoms with van der Waals surface area (Å²) in [6, 6.07) is 0. The first-order valence-corrected chi connectivity index (χ1v) is 10.9. The topological polar surface area (TPSA) is 124 Å². The Kier molecular flexibility index (Phi) is 10.3. The number of carbonyl (C=O) groups is 5. The molecule has 0 spiro atoms. The van der Waals surface area contributed by atoms with Crippen LogP contribution in [0, 0.1) is 11.8 Å². The molecule has 2 N–H and O–H groups in total. The van der Waals surface area contributed by atoms with E-state index < -0.39 is 11.5 Å². The van der Waals surface area contributed by atoms with Crippen molar-refractivity contribution >= 4 is 29.4 Å². The molecule has 1 heterocycles. The smallest absolute Gasteiger partial charge is 0.317 e. The molecule has 1 fully saturated rings. The van der Waals surface area contributed by atoms with Gasteiger partial charge in [0, 0.05) is 44.8 Å². The van der Waals surface area contributed by atoms with Gasteiger partial charge in [-0.05, 0) is 19.3 Å². The second kappa shape index (κ2) is 11.9. The molecule has 31 heavy (non-hydrogen) atoms. The largest absolute Gasteiger partial charge is 0.480 e. The number of piperidine rings is 1. The van der Waals surface area contributed by atoms with Gasteiger partial charge in [-0.2, -0.15) is 0 Å². The molecule has 0 aliphatic carbocycles. The second-order valence-corrected chi connectivity index (χ2v) is 9.04. The average molecular weight is 440 g/mol. The third kappa shape index (κ3) is 8.40. The number of nitrogens with zero attached hydrogens (tertiary/aromatic N) is 2. The van der Waals surface area contributed by atoms with Crippen LogP contribution in [0.2, 0.25) is 0 Å². The zero-order valence-corrected chi connectivity index (χ0v) is 19.4. The fourth-order valence-corrected chi connectivity index (χ4v) is 3.69. The monoisotopic (exact) mass is 439 g/mol. The van der Waals surface area contributed by atoms with Crippen LogP contribution in [0.5, 0.6) is 0 Å². The van der Waals surface area contributed by atoms with Gasteiger partial charge in [0.2, 0.25) is 11.8 Å². The number of hydrogen-bond acceptors (Lipinski definition) is 6. The lowest BCUT2D eigenvalue weighted by Gasteiger charge is -2.41. The molecule has 1 rings (SSSR count). The number of rotatable bonds is 12. The SMILES string of the molecule is CC(C)C(=O)CN(C)C(=O)CCCC(=O)NC1(C(=O)C(C)C)CCN(CC(=O)O)CC1. The summed E-state index contributed by atoms with van der Waals surface area (Å²) >= 11 is 0. The Morgan fingerprint density at radius 2 is 1.58 bits per heavy atom. The van der Waals surface area contributed by atoms with Crippen LogP contribution in [-0.4, -0.2) is 83.0 Å². The highest BCUT2D eigenvalue weighted by Crippen LogP contribution is 2.27. The predicted molar refractivity (Wildman–Crippen MR) is 115 cm³/mol. The summed E-state index contributed by atoms with van der Waals surface area (Å²) in [6.45, 7) is 7.93. The summed E-state index contributed by atoms with van der Waals surface area (Å²) in [5.41, 5.74) is -0.995. The Balaban J connectivity index is 2.61. The molecule has 1 aliphatic heterocycles. The molecule has 0 bridgehead atoms. The van der Waals surface area contributed by atoms with Crippen LogP contribution in [0.25, 0.3) is 0 Å². The van der Waals surface area contributed by atoms with Crippen molar-refractivity contribution in [2.75, 3.05) is 33.2 Å². The summed E-state index contributed by atoms with van der Waals surface area (Å²) < 4.78 is 0. The summed E-state index contributed by atoms with van der Waals surface area (Å²) in [4.78, 5) is 63.5. The first-order valence-electron chi connectivity index (χ1n) is 10.9. The van der Waals surface area contributed by atoms with E-state index in [1.165, 1.54) is 4.90 Å². The molecule has 1 saturated heterocycles. The number of hydrogen-bond donors (Lipinski definition) is 2. The van der Waals surface area contributed by atoms with E-state index >= 15 is 0 Å². The van der Waals surface area contributed by atoms with E-state index in [-0.39, 0.29) is 61.1 Å². The minimum absolute atomic E-state index is 0.0167. The van der Waals surface area contributed by atoms with E-state index in [0.29, 0.717) is 32.4 Å². The zero-order valence-electron chi connectivity index (χ0n) is 19.4. The number of aliphatic carboxylic acids is 1. The highest BCUT2D eigenvalue weighted by Gasteiger charge is 2.43. The van der Waals surface area contributed by atoms with Gasteiger partial charge in [0.25, 0.3) is 0 Å². The van der Waals surface area contributed by atoms with Crippen molar-refractivity contribution in [3.05, 3.63) is 0 Å². The lowest BCUT2D eigenvalue weighted by atomic mass is 9.79. The molecule has 0 atom stereocenters. The standard InChI is InChI=1S/C22H37N3O6/c1-15(2)17(26)13-24(5)19(28)8-6-7-18(27)23-22(21(31)16(3)4)9-11-25(12-10-22)14-20(29)30/h15-16H,6-14H2,1-5H3,(H,23,27)(H,29,30). The molecule has 0 aromatic carbocycles. The lowest BCUT2D eigenvalue weighted by Crippen LogP contribution is -2.61. The van der Waals surface area contributed by atoms with E-state index in [0.717, 1.165) is 0 Å². The molecule has 2 amide bonds. The van der Waals surface area contributed by atoms with Gasteiger partial charge >= 0.3 is 5.97 Å². The van der Waals surface area contributed by atoms with E-state index in [9.17, 15) is 24.0 Å². The van der Waals surface area contributed by atoms with Crippen molar-refractivity contribution in [1.82, 2.24) is 15.1 Å². The van der Waals surface area contributed by atoms with Crippen LogP contribution in [0.4, 0.5) is 0 Å². The summed E-state index contributed by atoms with van der Waals surface area (Å²) in [5, 5.41) is 11.9. The third-order valence-electron chi connectivity index (χ3n) is 5.70. The maximum absolute atomic E-state index is 12.9. The Labute approximate surface area is 184 Å². The van der Waals surface area contributed by atoms with Crippen LogP contribution in [0.1, 0.15) is 59.8 Å². The van der Waals surface area contributed by atoms with Crippen LogP contribution in [0.3, 0.4) is 0 Å². The quantitative estimate of drug-likeness (QED) is 0.467. The molecule has 0 aromatic rings. The van der Waals surface area contributed by atoms with Gasteiger partial charge in [-0.1, -0.05) is 27.7 Å². The molecule has 176 valence electrons. The zero-order chi connectivity index (χ0) is 23.8. The molecule has 0 unspecified atom stereocenters. The minimum Gasteiger partial charge on any atom is -0.480 e. The van der Waals surface area contributed by atoms with Crippen molar-refractivity contribution in [2.45, 2.75) is 65.3 Å². The molecular weight excluding hydrogens is 402 g/mol. The molecule has 9 heteroatoms. The van der Waals surface area contributed by atoms with Crippen LogP contribution in [0.15, 0.2) is 0 Å². The lowest BCUT2D eigenvalue weighted by molar-refractivity contribution is -0.140. The van der Waals surface area contributed by atoms with Crippen molar-refractivity contribution in [3.8, 4) is 0 Å². The number of carboxylic acid groups (broad SMARTS) is 1. The molecular formula is C22H37N3O6. The molecule has 9 nitrogen and oxygen atoms in total. The van der Waals surface area contributed by atoms with Crippen molar-refractivity contribution in [1.29, 1.82) is 0 Å². The minimum atomic E-state index is -0.995. The predicted octanol–water partition coefficient (Wildman–Crippen LogP) is 1.10. The van der Waals surface area contributed by atoms with E-state index in [1.807, 2.05) is 0 Å². The number of likely N-dealkylation sites (N-methyl/N-ethyl adjacent to an activating group) is 1. The maximum atomic E-state index is 12.9. The Morgan fingerprint density at radius 3 is 2.06 bits per heavy atom. The van der Waals surface area contributed by atoms with E-state index in [2.05, 4.69) is 5.32 Å². The van der Waals surface area contributed by atoms with Crippen molar-refractivity contribution in [2.24, 2.45) is 11.8 Å². The number of carboxylic acids is 1. The normalized spacial score (nSPS) is 16.2. The first kappa shape index (κ1) is 26.7. The maximum Gasteiger partial charge on any atom is 0.317 e. The van der Waals surface area contributed by atoms with E-state index in [4.69, 9.17) is 5.11 Å². The third-order valence-corrected chi connectivity index (χ3v) is 5.70. The summed E-state index contributed by atoms with van der Waals surface area (Å²) in [5.74, 6) is -1.89.